The summed E-state index contributed by atoms with van der Waals surface area (Å²) in [6, 6.07) is 18.6. The van der Waals surface area contributed by atoms with E-state index in [0.717, 1.165) is 80.3 Å². The van der Waals surface area contributed by atoms with E-state index in [1.165, 1.54) is 11.8 Å². The van der Waals surface area contributed by atoms with Crippen LogP contribution in [0.4, 0.5) is 5.69 Å². The SMILES string of the molecule is CC1(C)C(=O)Nc2cc(OCCCCCN3CCN(Cc4ccc5ccccc5n4)CC3)ccc21. The Balaban J connectivity index is 0.971. The van der Waals surface area contributed by atoms with Crippen LogP contribution in [-0.4, -0.2) is 60.0 Å². The van der Waals surface area contributed by atoms with Gasteiger partial charge in [-0.3, -0.25) is 14.7 Å². The molecule has 2 aliphatic heterocycles. The van der Waals surface area contributed by atoms with Crippen molar-refractivity contribution in [3.05, 3.63) is 65.9 Å². The number of piperazine rings is 1. The molecule has 184 valence electrons. The molecule has 0 radical (unpaired) electrons. The van der Waals surface area contributed by atoms with Crippen LogP contribution in [-0.2, 0) is 16.8 Å². The lowest BCUT2D eigenvalue weighted by Gasteiger charge is -2.34. The topological polar surface area (TPSA) is 57.7 Å². The minimum absolute atomic E-state index is 0.0517. The number of anilines is 1. The molecule has 0 aliphatic carbocycles. The third-order valence-corrected chi connectivity index (χ3v) is 7.37. The number of fused-ring (bicyclic) bond motifs is 2. The second kappa shape index (κ2) is 10.3. The molecule has 5 rings (SSSR count). The second-order valence-electron chi connectivity index (χ2n) is 10.3. The number of ether oxygens (including phenoxy) is 1. The van der Waals surface area contributed by atoms with Crippen molar-refractivity contribution in [1.29, 1.82) is 0 Å². The lowest BCUT2D eigenvalue weighted by atomic mass is 9.86. The number of nitrogens with one attached hydrogen (secondary N) is 1. The van der Waals surface area contributed by atoms with Crippen molar-refractivity contribution >= 4 is 22.5 Å². The monoisotopic (exact) mass is 472 g/mol. The van der Waals surface area contributed by atoms with Crippen molar-refractivity contribution in [3.63, 3.8) is 0 Å². The Morgan fingerprint density at radius 3 is 2.60 bits per heavy atom. The first-order valence-corrected chi connectivity index (χ1v) is 12.9. The zero-order valence-electron chi connectivity index (χ0n) is 20.9. The number of hydrogen-bond acceptors (Lipinski definition) is 5. The minimum Gasteiger partial charge on any atom is -0.494 e. The molecule has 1 aromatic heterocycles. The summed E-state index contributed by atoms with van der Waals surface area (Å²) in [6.07, 6.45) is 3.41. The Morgan fingerprint density at radius 2 is 1.74 bits per heavy atom. The van der Waals surface area contributed by atoms with E-state index < -0.39 is 5.41 Å². The number of nitrogens with zero attached hydrogens (tertiary/aromatic N) is 3. The smallest absolute Gasteiger partial charge is 0.234 e. The van der Waals surface area contributed by atoms with E-state index >= 15 is 0 Å². The summed E-state index contributed by atoms with van der Waals surface area (Å²) in [4.78, 5) is 22.0. The number of rotatable bonds is 9. The molecule has 6 nitrogen and oxygen atoms in total. The van der Waals surface area contributed by atoms with Gasteiger partial charge in [-0.1, -0.05) is 30.3 Å². The first kappa shape index (κ1) is 23.8. The summed E-state index contributed by atoms with van der Waals surface area (Å²) in [6.45, 7) is 11.2. The predicted octanol–water partition coefficient (Wildman–Crippen LogP) is 4.83. The van der Waals surface area contributed by atoms with Crippen LogP contribution in [0.25, 0.3) is 10.9 Å². The fraction of sp³-hybridized carbons (Fsp3) is 0.448. The maximum atomic E-state index is 12.1. The second-order valence-corrected chi connectivity index (χ2v) is 10.3. The summed E-state index contributed by atoms with van der Waals surface area (Å²) in [5.74, 6) is 0.884. The van der Waals surface area contributed by atoms with Crippen molar-refractivity contribution in [2.24, 2.45) is 0 Å². The molecule has 0 unspecified atom stereocenters. The normalized spacial score (nSPS) is 17.9. The van der Waals surface area contributed by atoms with E-state index in [4.69, 9.17) is 9.72 Å². The Morgan fingerprint density at radius 1 is 0.943 bits per heavy atom. The molecule has 0 atom stereocenters. The zero-order valence-corrected chi connectivity index (χ0v) is 20.9. The minimum atomic E-state index is -0.466. The average Bonchev–Trinajstić information content (AvgIpc) is 3.09. The van der Waals surface area contributed by atoms with E-state index in [9.17, 15) is 4.79 Å². The van der Waals surface area contributed by atoms with Crippen LogP contribution >= 0.6 is 0 Å². The largest absolute Gasteiger partial charge is 0.494 e. The zero-order chi connectivity index (χ0) is 24.3. The van der Waals surface area contributed by atoms with Crippen LogP contribution < -0.4 is 10.1 Å². The third-order valence-electron chi connectivity index (χ3n) is 7.37. The van der Waals surface area contributed by atoms with Gasteiger partial charge in [0, 0.05) is 49.9 Å². The molecule has 3 aromatic rings. The van der Waals surface area contributed by atoms with Crippen LogP contribution in [0, 0.1) is 0 Å². The van der Waals surface area contributed by atoms with Crippen molar-refractivity contribution in [1.82, 2.24) is 14.8 Å². The van der Waals surface area contributed by atoms with Crippen molar-refractivity contribution in [2.75, 3.05) is 44.6 Å². The Kier molecular flexibility index (Phi) is 7.02. The van der Waals surface area contributed by atoms with E-state index in [2.05, 4.69) is 51.5 Å². The van der Waals surface area contributed by atoms with Gasteiger partial charge >= 0.3 is 0 Å². The maximum Gasteiger partial charge on any atom is 0.234 e. The van der Waals surface area contributed by atoms with Gasteiger partial charge in [-0.2, -0.15) is 0 Å². The molecule has 35 heavy (non-hydrogen) atoms. The molecular weight excluding hydrogens is 436 g/mol. The Bertz CT molecular complexity index is 1180. The molecule has 1 saturated heterocycles. The summed E-state index contributed by atoms with van der Waals surface area (Å²) in [5.41, 5.74) is 3.70. The molecule has 3 heterocycles. The van der Waals surface area contributed by atoms with Gasteiger partial charge in [0.25, 0.3) is 0 Å². The van der Waals surface area contributed by atoms with Crippen molar-refractivity contribution < 1.29 is 9.53 Å². The van der Waals surface area contributed by atoms with Gasteiger partial charge in [0.15, 0.2) is 0 Å². The number of hydrogen-bond donors (Lipinski definition) is 1. The predicted molar refractivity (Wildman–Crippen MR) is 141 cm³/mol. The number of unbranched alkanes of at least 4 members (excludes halogenated alkanes) is 2. The number of para-hydroxylation sites is 1. The number of amides is 1. The third kappa shape index (κ3) is 5.49. The van der Waals surface area contributed by atoms with E-state index in [1.807, 2.05) is 32.0 Å². The molecule has 1 fully saturated rings. The summed E-state index contributed by atoms with van der Waals surface area (Å²) in [5, 5.41) is 4.17. The summed E-state index contributed by atoms with van der Waals surface area (Å²) < 4.78 is 5.95. The molecule has 6 heteroatoms. The van der Waals surface area contributed by atoms with Gasteiger partial charge < -0.3 is 15.0 Å². The van der Waals surface area contributed by atoms with Gasteiger partial charge in [-0.15, -0.1) is 0 Å². The van der Waals surface area contributed by atoms with Gasteiger partial charge in [0.1, 0.15) is 5.75 Å². The highest BCUT2D eigenvalue weighted by Gasteiger charge is 2.38. The molecule has 1 N–H and O–H groups in total. The first-order valence-electron chi connectivity index (χ1n) is 12.9. The maximum absolute atomic E-state index is 12.1. The summed E-state index contributed by atoms with van der Waals surface area (Å²) >= 11 is 0. The standard InChI is InChI=1S/C29H36N4O2/c1-29(2)25-13-12-24(20-27(25)31-28(29)34)35-19-7-3-6-14-32-15-17-33(18-16-32)21-23-11-10-22-8-4-5-9-26(22)30-23/h4-5,8-13,20H,3,6-7,14-19,21H2,1-2H3,(H,31,34). The number of benzene rings is 2. The van der Waals surface area contributed by atoms with Crippen LogP contribution in [0.3, 0.4) is 0 Å². The van der Waals surface area contributed by atoms with Crippen LogP contribution in [0.15, 0.2) is 54.6 Å². The van der Waals surface area contributed by atoms with Crippen molar-refractivity contribution in [3.8, 4) is 5.75 Å². The quantitative estimate of drug-likeness (QED) is 0.452. The summed E-state index contributed by atoms with van der Waals surface area (Å²) in [7, 11) is 0. The molecule has 2 aromatic carbocycles. The molecule has 2 aliphatic rings. The fourth-order valence-corrected chi connectivity index (χ4v) is 5.06. The molecule has 0 saturated carbocycles. The number of pyridine rings is 1. The van der Waals surface area contributed by atoms with Crippen LogP contribution in [0.1, 0.15) is 44.4 Å². The number of carbonyl (C=O) groups excluding carboxylic acids is 1. The molecule has 1 amide bonds. The fourth-order valence-electron chi connectivity index (χ4n) is 5.06. The number of aromatic nitrogens is 1. The van der Waals surface area contributed by atoms with Crippen molar-refractivity contribution in [2.45, 2.75) is 45.1 Å². The first-order chi connectivity index (χ1) is 17.0. The van der Waals surface area contributed by atoms with Gasteiger partial charge in [0.05, 0.1) is 23.2 Å². The van der Waals surface area contributed by atoms with Gasteiger partial charge in [-0.25, -0.2) is 0 Å². The average molecular weight is 473 g/mol. The van der Waals surface area contributed by atoms with E-state index in [0.29, 0.717) is 6.61 Å². The van der Waals surface area contributed by atoms with Gasteiger partial charge in [-0.05, 0) is 63.4 Å². The number of carbonyl (C=O) groups is 1. The van der Waals surface area contributed by atoms with Crippen LogP contribution in [0.5, 0.6) is 5.75 Å². The Labute approximate surface area is 208 Å². The lowest BCUT2D eigenvalue weighted by Crippen LogP contribution is -2.46. The van der Waals surface area contributed by atoms with Crippen LogP contribution in [0.2, 0.25) is 0 Å². The van der Waals surface area contributed by atoms with E-state index in [-0.39, 0.29) is 5.91 Å². The Hall–Kier alpha value is -2.96. The highest BCUT2D eigenvalue weighted by molar-refractivity contribution is 6.05. The highest BCUT2D eigenvalue weighted by atomic mass is 16.5. The molecule has 0 spiro atoms. The highest BCUT2D eigenvalue weighted by Crippen LogP contribution is 2.39. The molecule has 0 bridgehead atoms. The van der Waals surface area contributed by atoms with E-state index in [1.54, 1.807) is 0 Å². The van der Waals surface area contributed by atoms with Gasteiger partial charge in [0.2, 0.25) is 5.91 Å². The molecular formula is C29H36N4O2. The lowest BCUT2D eigenvalue weighted by molar-refractivity contribution is -0.119.